The molecule has 0 radical (unpaired) electrons. The summed E-state index contributed by atoms with van der Waals surface area (Å²) in [6, 6.07) is 9.36. The first-order chi connectivity index (χ1) is 12.4. The zero-order chi connectivity index (χ0) is 19.1. The summed E-state index contributed by atoms with van der Waals surface area (Å²) in [5.41, 5.74) is 1.07. The third-order valence-corrected chi connectivity index (χ3v) is 5.39. The van der Waals surface area contributed by atoms with E-state index < -0.39 is 6.04 Å². The number of nitrogens with one attached hydrogen (secondary N) is 2. The van der Waals surface area contributed by atoms with E-state index in [2.05, 4.69) is 31.4 Å². The number of carbonyl (C=O) groups is 2. The summed E-state index contributed by atoms with van der Waals surface area (Å²) in [4.78, 5) is 25.5. The highest BCUT2D eigenvalue weighted by molar-refractivity contribution is 5.88. The van der Waals surface area contributed by atoms with Crippen molar-refractivity contribution in [3.8, 4) is 0 Å². The van der Waals surface area contributed by atoms with Gasteiger partial charge in [0, 0.05) is 5.92 Å². The second kappa shape index (κ2) is 9.75. The zero-order valence-electron chi connectivity index (χ0n) is 16.6. The molecule has 4 nitrogen and oxygen atoms in total. The summed E-state index contributed by atoms with van der Waals surface area (Å²) in [5, 5.41) is 6.10. The predicted molar refractivity (Wildman–Crippen MR) is 106 cm³/mol. The molecule has 2 rings (SSSR count). The van der Waals surface area contributed by atoms with Crippen molar-refractivity contribution in [2.24, 2.45) is 17.8 Å². The van der Waals surface area contributed by atoms with Gasteiger partial charge in [0.15, 0.2) is 0 Å². The van der Waals surface area contributed by atoms with Crippen molar-refractivity contribution in [2.45, 2.75) is 71.9 Å². The predicted octanol–water partition coefficient (Wildman–Crippen LogP) is 4.22. The Labute approximate surface area is 158 Å². The Morgan fingerprint density at radius 1 is 1.00 bits per heavy atom. The van der Waals surface area contributed by atoms with Gasteiger partial charge >= 0.3 is 0 Å². The number of rotatable bonds is 7. The molecule has 1 aliphatic carbocycles. The first kappa shape index (κ1) is 20.5. The van der Waals surface area contributed by atoms with Crippen molar-refractivity contribution in [1.82, 2.24) is 10.6 Å². The van der Waals surface area contributed by atoms with Gasteiger partial charge in [0.2, 0.25) is 11.8 Å². The molecule has 0 aromatic heterocycles. The molecule has 1 aromatic rings. The lowest BCUT2D eigenvalue weighted by atomic mass is 9.82. The van der Waals surface area contributed by atoms with E-state index >= 15 is 0 Å². The van der Waals surface area contributed by atoms with E-state index in [4.69, 9.17) is 0 Å². The summed E-state index contributed by atoms with van der Waals surface area (Å²) in [6.07, 6.45) is 4.73. The lowest BCUT2D eigenvalue weighted by Crippen LogP contribution is -2.49. The Balaban J connectivity index is 1.96. The topological polar surface area (TPSA) is 58.2 Å². The van der Waals surface area contributed by atoms with Gasteiger partial charge in [-0.05, 0) is 56.4 Å². The van der Waals surface area contributed by atoms with Crippen LogP contribution in [0.1, 0.15) is 71.4 Å². The largest absolute Gasteiger partial charge is 0.348 e. The van der Waals surface area contributed by atoms with Crippen LogP contribution in [-0.4, -0.2) is 17.9 Å². The monoisotopic (exact) mass is 358 g/mol. The molecule has 1 fully saturated rings. The van der Waals surface area contributed by atoms with Gasteiger partial charge in [0.1, 0.15) is 6.04 Å². The Kier molecular flexibility index (Phi) is 7.67. The Morgan fingerprint density at radius 2 is 1.62 bits per heavy atom. The lowest BCUT2D eigenvalue weighted by Gasteiger charge is -2.28. The third-order valence-electron chi connectivity index (χ3n) is 5.39. The van der Waals surface area contributed by atoms with Crippen molar-refractivity contribution in [2.75, 3.05) is 0 Å². The van der Waals surface area contributed by atoms with Gasteiger partial charge in [-0.3, -0.25) is 9.59 Å². The lowest BCUT2D eigenvalue weighted by molar-refractivity contribution is -0.132. The van der Waals surface area contributed by atoms with E-state index in [-0.39, 0.29) is 23.8 Å². The number of carbonyl (C=O) groups excluding carboxylic acids is 2. The quantitative estimate of drug-likeness (QED) is 0.767. The molecule has 2 N–H and O–H groups in total. The number of hydrogen-bond donors (Lipinski definition) is 2. The molecule has 2 amide bonds. The molecule has 0 saturated heterocycles. The average Bonchev–Trinajstić information content (AvgIpc) is 2.62. The second-order valence-corrected chi connectivity index (χ2v) is 8.29. The average molecular weight is 359 g/mol. The Bertz CT molecular complexity index is 577. The second-order valence-electron chi connectivity index (χ2n) is 8.29. The zero-order valence-corrected chi connectivity index (χ0v) is 16.6. The molecule has 4 heteroatoms. The smallest absolute Gasteiger partial charge is 0.243 e. The van der Waals surface area contributed by atoms with Crippen LogP contribution >= 0.6 is 0 Å². The maximum Gasteiger partial charge on any atom is 0.243 e. The summed E-state index contributed by atoms with van der Waals surface area (Å²) in [6.45, 7) is 8.38. The van der Waals surface area contributed by atoms with Crippen molar-refractivity contribution in [3.63, 3.8) is 0 Å². The molecule has 144 valence electrons. The molecule has 0 aliphatic heterocycles. The fourth-order valence-electron chi connectivity index (χ4n) is 3.65. The summed E-state index contributed by atoms with van der Waals surface area (Å²) < 4.78 is 0. The minimum absolute atomic E-state index is 0.0464. The normalized spacial score (nSPS) is 22.5. The van der Waals surface area contributed by atoms with Crippen LogP contribution in [0, 0.1) is 17.8 Å². The standard InChI is InChI=1S/C22H34N2O2/c1-15(2)14-20(24-21(25)19-12-10-16(3)11-13-19)22(26)23-17(4)18-8-6-5-7-9-18/h5-9,15-17,19-20H,10-14H2,1-4H3,(H,23,26)(H,24,25). The third kappa shape index (κ3) is 6.15. The van der Waals surface area contributed by atoms with Crippen molar-refractivity contribution in [3.05, 3.63) is 35.9 Å². The molecular formula is C22H34N2O2. The van der Waals surface area contributed by atoms with E-state index in [9.17, 15) is 9.59 Å². The minimum Gasteiger partial charge on any atom is -0.348 e. The molecule has 1 aromatic carbocycles. The first-order valence-corrected chi connectivity index (χ1v) is 10.0. The van der Waals surface area contributed by atoms with Crippen molar-refractivity contribution < 1.29 is 9.59 Å². The molecule has 26 heavy (non-hydrogen) atoms. The number of amides is 2. The molecule has 2 atom stereocenters. The van der Waals surface area contributed by atoms with Crippen molar-refractivity contribution >= 4 is 11.8 Å². The van der Waals surface area contributed by atoms with Crippen LogP contribution in [0.5, 0.6) is 0 Å². The molecule has 0 spiro atoms. The van der Waals surface area contributed by atoms with Gasteiger partial charge in [-0.1, -0.05) is 51.1 Å². The van der Waals surface area contributed by atoms with Gasteiger partial charge in [0.05, 0.1) is 6.04 Å². The van der Waals surface area contributed by atoms with Crippen LogP contribution < -0.4 is 10.6 Å². The molecule has 0 bridgehead atoms. The summed E-state index contributed by atoms with van der Waals surface area (Å²) in [7, 11) is 0. The van der Waals surface area contributed by atoms with E-state index in [1.165, 1.54) is 0 Å². The highest BCUT2D eigenvalue weighted by Gasteiger charge is 2.29. The van der Waals surface area contributed by atoms with E-state index in [1.54, 1.807) is 0 Å². The van der Waals surface area contributed by atoms with Crippen LogP contribution in [0.4, 0.5) is 0 Å². The first-order valence-electron chi connectivity index (χ1n) is 10.0. The van der Waals surface area contributed by atoms with Crippen LogP contribution in [0.3, 0.4) is 0 Å². The molecular weight excluding hydrogens is 324 g/mol. The molecule has 1 saturated carbocycles. The van der Waals surface area contributed by atoms with Crippen molar-refractivity contribution in [1.29, 1.82) is 0 Å². The highest BCUT2D eigenvalue weighted by atomic mass is 16.2. The highest BCUT2D eigenvalue weighted by Crippen LogP contribution is 2.28. The minimum atomic E-state index is -0.465. The van der Waals surface area contributed by atoms with E-state index in [0.29, 0.717) is 18.3 Å². The van der Waals surface area contributed by atoms with Gasteiger partial charge in [0.25, 0.3) is 0 Å². The Hall–Kier alpha value is -1.84. The van der Waals surface area contributed by atoms with E-state index in [1.807, 2.05) is 37.3 Å². The summed E-state index contributed by atoms with van der Waals surface area (Å²) >= 11 is 0. The summed E-state index contributed by atoms with van der Waals surface area (Å²) in [5.74, 6) is 1.06. The number of hydrogen-bond acceptors (Lipinski definition) is 2. The SMILES string of the molecule is CC(C)CC(NC(=O)C1CCC(C)CC1)C(=O)NC(C)c1ccccc1. The maximum atomic E-state index is 12.8. The van der Waals surface area contributed by atoms with Gasteiger partial charge in [-0.25, -0.2) is 0 Å². The van der Waals surface area contributed by atoms with Crippen LogP contribution in [0.2, 0.25) is 0 Å². The van der Waals surface area contributed by atoms with Crippen LogP contribution in [-0.2, 0) is 9.59 Å². The Morgan fingerprint density at radius 3 is 2.19 bits per heavy atom. The number of benzene rings is 1. The van der Waals surface area contributed by atoms with Crippen LogP contribution in [0.25, 0.3) is 0 Å². The van der Waals surface area contributed by atoms with Gasteiger partial charge in [-0.15, -0.1) is 0 Å². The van der Waals surface area contributed by atoms with Gasteiger partial charge < -0.3 is 10.6 Å². The molecule has 0 heterocycles. The van der Waals surface area contributed by atoms with Gasteiger partial charge in [-0.2, -0.15) is 0 Å². The van der Waals surface area contributed by atoms with Crippen LogP contribution in [0.15, 0.2) is 30.3 Å². The maximum absolute atomic E-state index is 12.8. The molecule has 1 aliphatic rings. The fourth-order valence-corrected chi connectivity index (χ4v) is 3.65. The molecule has 2 unspecified atom stereocenters. The van der Waals surface area contributed by atoms with E-state index in [0.717, 1.165) is 31.2 Å². The fraction of sp³-hybridized carbons (Fsp3) is 0.636.